The van der Waals surface area contributed by atoms with Crippen molar-refractivity contribution in [2.24, 2.45) is 0 Å². The Kier molecular flexibility index (Phi) is 5.60. The van der Waals surface area contributed by atoms with Gasteiger partial charge in [-0.15, -0.1) is 10.2 Å². The van der Waals surface area contributed by atoms with Gasteiger partial charge in [-0.05, 0) is 54.1 Å². The molecule has 0 N–H and O–H groups in total. The Bertz CT molecular complexity index is 1320. The fourth-order valence-electron chi connectivity index (χ4n) is 3.30. The van der Waals surface area contributed by atoms with Crippen molar-refractivity contribution in [1.29, 1.82) is 0 Å². The van der Waals surface area contributed by atoms with Crippen LogP contribution in [0.2, 0.25) is 0 Å². The number of halogens is 1. The number of hydrogen-bond acceptors (Lipinski definition) is 5. The number of ether oxygens (including phenoxy) is 1. The predicted molar refractivity (Wildman–Crippen MR) is 115 cm³/mol. The van der Waals surface area contributed by atoms with Crippen molar-refractivity contribution < 1.29 is 17.5 Å². The summed E-state index contributed by atoms with van der Waals surface area (Å²) in [7, 11) is -2.45. The minimum atomic E-state index is -3.99. The molecule has 7 nitrogen and oxygen atoms in total. The van der Waals surface area contributed by atoms with E-state index in [4.69, 9.17) is 4.74 Å². The van der Waals surface area contributed by atoms with E-state index in [-0.39, 0.29) is 11.4 Å². The van der Waals surface area contributed by atoms with Crippen molar-refractivity contribution in [2.45, 2.75) is 24.8 Å². The Labute approximate surface area is 179 Å². The van der Waals surface area contributed by atoms with Crippen LogP contribution in [0, 0.1) is 5.82 Å². The van der Waals surface area contributed by atoms with E-state index in [9.17, 15) is 12.8 Å². The second kappa shape index (κ2) is 8.35. The van der Waals surface area contributed by atoms with Gasteiger partial charge in [-0.25, -0.2) is 12.8 Å². The van der Waals surface area contributed by atoms with Gasteiger partial charge in [0.25, 0.3) is 10.0 Å². The Balaban J connectivity index is 1.82. The number of fused-ring (bicyclic) bond motifs is 1. The fraction of sp³-hybridized carbons (Fsp3) is 0.182. The summed E-state index contributed by atoms with van der Waals surface area (Å²) < 4.78 is 49.2. The van der Waals surface area contributed by atoms with Crippen LogP contribution in [-0.4, -0.2) is 30.1 Å². The lowest BCUT2D eigenvalue weighted by molar-refractivity contribution is 0.415. The van der Waals surface area contributed by atoms with Crippen molar-refractivity contribution in [1.82, 2.24) is 14.6 Å². The van der Waals surface area contributed by atoms with Gasteiger partial charge in [-0.3, -0.25) is 8.71 Å². The summed E-state index contributed by atoms with van der Waals surface area (Å²) in [6.07, 6.45) is 2.13. The summed E-state index contributed by atoms with van der Waals surface area (Å²) in [5.74, 6) is 0.835. The molecule has 4 rings (SSSR count). The second-order valence-corrected chi connectivity index (χ2v) is 8.76. The molecule has 2 aromatic heterocycles. The van der Waals surface area contributed by atoms with Crippen LogP contribution in [0.15, 0.2) is 71.8 Å². The molecule has 0 fully saturated rings. The van der Waals surface area contributed by atoms with E-state index in [1.165, 1.54) is 35.8 Å². The average Bonchev–Trinajstić information content (AvgIpc) is 3.20. The lowest BCUT2D eigenvalue weighted by Gasteiger charge is -2.25. The van der Waals surface area contributed by atoms with Gasteiger partial charge in [0.15, 0.2) is 5.65 Å². The highest BCUT2D eigenvalue weighted by atomic mass is 32.2. The first-order valence-electron chi connectivity index (χ1n) is 9.67. The summed E-state index contributed by atoms with van der Waals surface area (Å²) in [5.41, 5.74) is 1.53. The molecule has 9 heteroatoms. The number of rotatable bonds is 7. The molecule has 0 saturated heterocycles. The summed E-state index contributed by atoms with van der Waals surface area (Å²) in [6.45, 7) is 1.89. The van der Waals surface area contributed by atoms with E-state index in [0.29, 0.717) is 34.9 Å². The molecule has 0 saturated carbocycles. The van der Waals surface area contributed by atoms with Crippen LogP contribution in [-0.2, 0) is 23.0 Å². The van der Waals surface area contributed by atoms with Gasteiger partial charge in [0.05, 0.1) is 19.3 Å². The van der Waals surface area contributed by atoms with Crippen LogP contribution in [0.3, 0.4) is 0 Å². The summed E-state index contributed by atoms with van der Waals surface area (Å²) in [4.78, 5) is 0.0849. The lowest BCUT2D eigenvalue weighted by atomic mass is 10.2. The first-order chi connectivity index (χ1) is 14.9. The Morgan fingerprint density at radius 2 is 1.84 bits per heavy atom. The SMILES string of the molecule is CCc1nnc2ccc(S(=O)(=O)N(Cc3cccc(F)c3)c3ccc(OC)cc3)cn12. The molecule has 2 aromatic carbocycles. The molecule has 0 aliphatic rings. The highest BCUT2D eigenvalue weighted by molar-refractivity contribution is 7.92. The van der Waals surface area contributed by atoms with Gasteiger partial charge >= 0.3 is 0 Å². The number of aromatic nitrogens is 3. The number of sulfonamides is 1. The molecule has 0 bridgehead atoms. The van der Waals surface area contributed by atoms with E-state index < -0.39 is 15.8 Å². The van der Waals surface area contributed by atoms with Gasteiger partial charge < -0.3 is 4.74 Å². The second-order valence-electron chi connectivity index (χ2n) is 6.90. The zero-order valence-corrected chi connectivity index (χ0v) is 17.9. The summed E-state index contributed by atoms with van der Waals surface area (Å²) in [5, 5.41) is 8.15. The number of anilines is 1. The van der Waals surface area contributed by atoms with Gasteiger partial charge in [-0.2, -0.15) is 0 Å². The van der Waals surface area contributed by atoms with E-state index in [1.54, 1.807) is 46.9 Å². The molecular weight excluding hydrogens is 419 g/mol. The van der Waals surface area contributed by atoms with Crippen molar-refractivity contribution in [3.63, 3.8) is 0 Å². The van der Waals surface area contributed by atoms with E-state index >= 15 is 0 Å². The molecule has 2 heterocycles. The van der Waals surface area contributed by atoms with Crippen LogP contribution in [0.25, 0.3) is 5.65 Å². The Morgan fingerprint density at radius 3 is 2.52 bits per heavy atom. The third-order valence-corrected chi connectivity index (χ3v) is 6.68. The number of benzene rings is 2. The standard InChI is InChI=1S/C22H21FN4O3S/c1-3-21-24-25-22-12-11-20(15-26(21)22)31(28,29)27(14-16-5-4-6-17(23)13-16)18-7-9-19(30-2)10-8-18/h4-13,15H,3,14H2,1-2H3. The molecule has 31 heavy (non-hydrogen) atoms. The highest BCUT2D eigenvalue weighted by Gasteiger charge is 2.26. The molecule has 0 radical (unpaired) electrons. The third-order valence-electron chi connectivity index (χ3n) is 4.93. The highest BCUT2D eigenvalue weighted by Crippen LogP contribution is 2.28. The normalized spacial score (nSPS) is 11.6. The zero-order chi connectivity index (χ0) is 22.0. The maximum atomic E-state index is 13.8. The maximum absolute atomic E-state index is 13.8. The van der Waals surface area contributed by atoms with Crippen LogP contribution >= 0.6 is 0 Å². The van der Waals surface area contributed by atoms with Crippen LogP contribution < -0.4 is 9.04 Å². The average molecular weight is 441 g/mol. The van der Waals surface area contributed by atoms with Crippen LogP contribution in [0.5, 0.6) is 5.75 Å². The zero-order valence-electron chi connectivity index (χ0n) is 17.1. The quantitative estimate of drug-likeness (QED) is 0.437. The summed E-state index contributed by atoms with van der Waals surface area (Å²) in [6, 6.07) is 15.7. The summed E-state index contributed by atoms with van der Waals surface area (Å²) >= 11 is 0. The Morgan fingerprint density at radius 1 is 1.06 bits per heavy atom. The van der Waals surface area contributed by atoms with Crippen molar-refractivity contribution in [2.75, 3.05) is 11.4 Å². The number of aryl methyl sites for hydroxylation is 1. The molecule has 160 valence electrons. The first kappa shape index (κ1) is 20.8. The van der Waals surface area contributed by atoms with Gasteiger partial charge in [0, 0.05) is 12.6 Å². The van der Waals surface area contributed by atoms with Gasteiger partial charge in [0.2, 0.25) is 0 Å². The monoisotopic (exact) mass is 440 g/mol. The predicted octanol–water partition coefficient (Wildman–Crippen LogP) is 3.83. The molecule has 0 aliphatic heterocycles. The van der Waals surface area contributed by atoms with Gasteiger partial charge in [0.1, 0.15) is 22.3 Å². The molecule has 0 unspecified atom stereocenters. The molecule has 4 aromatic rings. The van der Waals surface area contributed by atoms with E-state index in [0.717, 1.165) is 0 Å². The van der Waals surface area contributed by atoms with Crippen LogP contribution in [0.4, 0.5) is 10.1 Å². The first-order valence-corrected chi connectivity index (χ1v) is 11.1. The van der Waals surface area contributed by atoms with Crippen molar-refractivity contribution in [3.05, 3.63) is 84.1 Å². The number of nitrogens with zero attached hydrogens (tertiary/aromatic N) is 4. The minimum absolute atomic E-state index is 0.0345. The number of methoxy groups -OCH3 is 1. The molecule has 0 amide bonds. The maximum Gasteiger partial charge on any atom is 0.266 e. The molecule has 0 atom stereocenters. The van der Waals surface area contributed by atoms with Crippen molar-refractivity contribution in [3.8, 4) is 5.75 Å². The van der Waals surface area contributed by atoms with Crippen molar-refractivity contribution >= 4 is 21.4 Å². The third kappa shape index (κ3) is 4.09. The van der Waals surface area contributed by atoms with E-state index in [2.05, 4.69) is 10.2 Å². The minimum Gasteiger partial charge on any atom is -0.497 e. The van der Waals surface area contributed by atoms with Crippen LogP contribution in [0.1, 0.15) is 18.3 Å². The lowest BCUT2D eigenvalue weighted by Crippen LogP contribution is -2.30. The smallest absolute Gasteiger partial charge is 0.266 e. The van der Waals surface area contributed by atoms with E-state index in [1.807, 2.05) is 6.92 Å². The molecule has 0 spiro atoms. The molecular formula is C22H21FN4O3S. The number of hydrogen-bond donors (Lipinski definition) is 0. The van der Waals surface area contributed by atoms with Gasteiger partial charge in [-0.1, -0.05) is 19.1 Å². The largest absolute Gasteiger partial charge is 0.497 e. The number of pyridine rings is 1. The molecule has 0 aliphatic carbocycles. The topological polar surface area (TPSA) is 76.8 Å². The Hall–Kier alpha value is -3.46. The fourth-order valence-corrected chi connectivity index (χ4v) is 4.76.